The van der Waals surface area contributed by atoms with Gasteiger partial charge in [0.2, 0.25) is 0 Å². The third kappa shape index (κ3) is 4.33. The Hall–Kier alpha value is -2.39. The van der Waals surface area contributed by atoms with Gasteiger partial charge in [-0.3, -0.25) is 4.98 Å². The number of nitrogens with one attached hydrogen (secondary N) is 1. The Morgan fingerprint density at radius 2 is 1.88 bits per heavy atom. The Bertz CT molecular complexity index is 793. The molecule has 3 heteroatoms. The van der Waals surface area contributed by atoms with E-state index >= 15 is 0 Å². The van der Waals surface area contributed by atoms with Crippen molar-refractivity contribution in [2.45, 2.75) is 32.9 Å². The highest BCUT2D eigenvalue weighted by atomic mass is 16.5. The summed E-state index contributed by atoms with van der Waals surface area (Å²) in [6.07, 6.45) is 3.03. The highest BCUT2D eigenvalue weighted by Crippen LogP contribution is 2.17. The molecule has 0 amide bonds. The van der Waals surface area contributed by atoms with Gasteiger partial charge in [0.15, 0.2) is 0 Å². The maximum absolute atomic E-state index is 5.74. The van der Waals surface area contributed by atoms with Crippen LogP contribution in [0.1, 0.15) is 25.0 Å². The van der Waals surface area contributed by atoms with Crippen molar-refractivity contribution in [1.29, 1.82) is 0 Å². The van der Waals surface area contributed by atoms with Crippen molar-refractivity contribution in [2.75, 3.05) is 6.54 Å². The van der Waals surface area contributed by atoms with E-state index in [2.05, 4.69) is 46.7 Å². The van der Waals surface area contributed by atoms with Crippen LogP contribution in [0.3, 0.4) is 0 Å². The van der Waals surface area contributed by atoms with Crippen LogP contribution < -0.4 is 10.1 Å². The van der Waals surface area contributed by atoms with Crippen LogP contribution in [-0.4, -0.2) is 17.6 Å². The van der Waals surface area contributed by atoms with Crippen molar-refractivity contribution < 1.29 is 4.74 Å². The summed E-state index contributed by atoms with van der Waals surface area (Å²) >= 11 is 0. The van der Waals surface area contributed by atoms with Crippen molar-refractivity contribution >= 4 is 10.9 Å². The second kappa shape index (κ2) is 7.93. The Balaban J connectivity index is 1.55. The fourth-order valence-electron chi connectivity index (χ4n) is 2.83. The van der Waals surface area contributed by atoms with Crippen LogP contribution in [0.15, 0.2) is 60.8 Å². The minimum absolute atomic E-state index is 0.201. The summed E-state index contributed by atoms with van der Waals surface area (Å²) in [5, 5.41) is 4.71. The lowest BCUT2D eigenvalue weighted by molar-refractivity contribution is 0.242. The summed E-state index contributed by atoms with van der Waals surface area (Å²) in [5.41, 5.74) is 3.64. The topological polar surface area (TPSA) is 34.1 Å². The predicted octanol–water partition coefficient (Wildman–Crippen LogP) is 4.35. The third-order valence-corrected chi connectivity index (χ3v) is 3.89. The summed E-state index contributed by atoms with van der Waals surface area (Å²) in [4.78, 5) is 4.51. The molecule has 2 aromatic carbocycles. The van der Waals surface area contributed by atoms with E-state index in [9.17, 15) is 0 Å². The van der Waals surface area contributed by atoms with E-state index in [1.54, 1.807) is 0 Å². The molecule has 1 aromatic heterocycles. The van der Waals surface area contributed by atoms with Crippen LogP contribution in [0.25, 0.3) is 10.9 Å². The number of aromatic nitrogens is 1. The number of rotatable bonds is 7. The fourth-order valence-corrected chi connectivity index (χ4v) is 2.83. The minimum Gasteiger partial charge on any atom is -0.491 e. The number of fused-ring (bicyclic) bond motifs is 1. The largest absolute Gasteiger partial charge is 0.491 e. The maximum atomic E-state index is 5.74. The molecule has 3 rings (SSSR count). The Morgan fingerprint density at radius 1 is 1.04 bits per heavy atom. The van der Waals surface area contributed by atoms with Crippen molar-refractivity contribution in [3.05, 3.63) is 71.9 Å². The van der Waals surface area contributed by atoms with E-state index in [1.165, 1.54) is 16.5 Å². The maximum Gasteiger partial charge on any atom is 0.120 e. The zero-order valence-electron chi connectivity index (χ0n) is 14.3. The lowest BCUT2D eigenvalue weighted by Gasteiger charge is -2.11. The molecule has 3 aromatic rings. The van der Waals surface area contributed by atoms with Gasteiger partial charge in [0.05, 0.1) is 11.6 Å². The van der Waals surface area contributed by atoms with E-state index in [0.29, 0.717) is 0 Å². The molecule has 0 aliphatic rings. The molecule has 0 saturated heterocycles. The van der Waals surface area contributed by atoms with Gasteiger partial charge in [0.25, 0.3) is 0 Å². The molecule has 1 heterocycles. The number of hydrogen-bond donors (Lipinski definition) is 1. The zero-order chi connectivity index (χ0) is 16.8. The van der Waals surface area contributed by atoms with Crippen LogP contribution in [0.4, 0.5) is 0 Å². The summed E-state index contributed by atoms with van der Waals surface area (Å²) in [5.74, 6) is 0.933. The van der Waals surface area contributed by atoms with Gasteiger partial charge in [-0.2, -0.15) is 0 Å². The summed E-state index contributed by atoms with van der Waals surface area (Å²) in [7, 11) is 0. The van der Waals surface area contributed by atoms with E-state index in [1.807, 2.05) is 38.2 Å². The van der Waals surface area contributed by atoms with Crippen LogP contribution >= 0.6 is 0 Å². The molecule has 0 saturated carbocycles. The summed E-state index contributed by atoms with van der Waals surface area (Å²) < 4.78 is 5.74. The number of pyridine rings is 1. The van der Waals surface area contributed by atoms with Gasteiger partial charge < -0.3 is 10.1 Å². The first-order valence-corrected chi connectivity index (χ1v) is 8.51. The molecule has 0 fully saturated rings. The van der Waals surface area contributed by atoms with Gasteiger partial charge in [0, 0.05) is 18.1 Å². The molecule has 1 N–H and O–H groups in total. The van der Waals surface area contributed by atoms with Gasteiger partial charge >= 0.3 is 0 Å². The van der Waals surface area contributed by atoms with Crippen LogP contribution in [0.5, 0.6) is 5.75 Å². The van der Waals surface area contributed by atoms with E-state index in [4.69, 9.17) is 4.74 Å². The predicted molar refractivity (Wildman–Crippen MR) is 99.4 cm³/mol. The molecule has 0 spiro atoms. The first-order chi connectivity index (χ1) is 11.7. The van der Waals surface area contributed by atoms with Crippen molar-refractivity contribution in [2.24, 2.45) is 0 Å². The first kappa shape index (κ1) is 16.5. The number of nitrogens with zero attached hydrogens (tertiary/aromatic N) is 1. The van der Waals surface area contributed by atoms with E-state index < -0.39 is 0 Å². The number of benzene rings is 2. The van der Waals surface area contributed by atoms with Crippen molar-refractivity contribution in [3.8, 4) is 5.75 Å². The van der Waals surface area contributed by atoms with Crippen molar-refractivity contribution in [3.63, 3.8) is 0 Å². The fraction of sp³-hybridized carbons (Fsp3) is 0.286. The van der Waals surface area contributed by atoms with Gasteiger partial charge in [-0.1, -0.05) is 36.4 Å². The minimum atomic E-state index is 0.201. The molecule has 24 heavy (non-hydrogen) atoms. The molecule has 124 valence electrons. The van der Waals surface area contributed by atoms with E-state index in [0.717, 1.165) is 30.8 Å². The number of para-hydroxylation sites is 1. The van der Waals surface area contributed by atoms with Gasteiger partial charge in [-0.05, 0) is 56.1 Å². The normalized spacial score (nSPS) is 11.1. The number of hydrogen-bond acceptors (Lipinski definition) is 3. The van der Waals surface area contributed by atoms with Crippen LogP contribution in [0.2, 0.25) is 0 Å². The average molecular weight is 320 g/mol. The molecular formula is C21H24N2O. The highest BCUT2D eigenvalue weighted by molar-refractivity contribution is 5.81. The molecule has 0 aliphatic carbocycles. The monoisotopic (exact) mass is 320 g/mol. The van der Waals surface area contributed by atoms with Crippen molar-refractivity contribution in [1.82, 2.24) is 10.3 Å². The first-order valence-electron chi connectivity index (χ1n) is 8.51. The number of ether oxygens (including phenoxy) is 1. The van der Waals surface area contributed by atoms with E-state index in [-0.39, 0.29) is 6.10 Å². The molecule has 0 unspecified atom stereocenters. The zero-order valence-corrected chi connectivity index (χ0v) is 14.3. The molecule has 0 radical (unpaired) electrons. The second-order valence-corrected chi connectivity index (χ2v) is 6.23. The molecule has 0 aliphatic heterocycles. The van der Waals surface area contributed by atoms with Crippen LogP contribution in [-0.2, 0) is 13.0 Å². The molecule has 3 nitrogen and oxygen atoms in total. The van der Waals surface area contributed by atoms with Gasteiger partial charge in [0.1, 0.15) is 5.75 Å². The Kier molecular flexibility index (Phi) is 5.44. The quantitative estimate of drug-likeness (QED) is 0.657. The Labute approximate surface area is 143 Å². The lowest BCUT2D eigenvalue weighted by Crippen LogP contribution is -2.17. The lowest BCUT2D eigenvalue weighted by atomic mass is 10.1. The van der Waals surface area contributed by atoms with Gasteiger partial charge in [-0.15, -0.1) is 0 Å². The second-order valence-electron chi connectivity index (χ2n) is 6.23. The van der Waals surface area contributed by atoms with Crippen LogP contribution in [0, 0.1) is 0 Å². The molecular weight excluding hydrogens is 296 g/mol. The standard InChI is InChI=1S/C21H24N2O/c1-16(2)24-20-10-3-6-17(14-20)15-22-13-11-19-8-4-7-18-9-5-12-23-21(18)19/h3-10,12,14,16,22H,11,13,15H2,1-2H3. The Morgan fingerprint density at radius 3 is 2.75 bits per heavy atom. The summed E-state index contributed by atoms with van der Waals surface area (Å²) in [6, 6.07) is 18.7. The van der Waals surface area contributed by atoms with Gasteiger partial charge in [-0.25, -0.2) is 0 Å². The third-order valence-electron chi connectivity index (χ3n) is 3.89. The SMILES string of the molecule is CC(C)Oc1cccc(CNCCc2cccc3cccnc23)c1. The smallest absolute Gasteiger partial charge is 0.120 e. The molecule has 0 atom stereocenters. The average Bonchev–Trinajstić information content (AvgIpc) is 2.58. The summed E-state index contributed by atoms with van der Waals surface area (Å²) in [6.45, 7) is 5.85. The molecule has 0 bridgehead atoms. The highest BCUT2D eigenvalue weighted by Gasteiger charge is 2.02.